The molecule has 22 heavy (non-hydrogen) atoms. The minimum Gasteiger partial charge on any atom is -0.478 e. The molecule has 0 aliphatic rings. The van der Waals surface area contributed by atoms with Crippen molar-refractivity contribution in [3.05, 3.63) is 89.5 Å². The first-order chi connectivity index (χ1) is 10.7. The van der Waals surface area contributed by atoms with E-state index in [1.165, 1.54) is 22.4 Å². The molecule has 3 aromatic rings. The fourth-order valence-corrected chi connectivity index (χ4v) is 2.59. The SMILES string of the molecule is O=C(O)C=Cc1ccccc1Cc1ccc2ccccc2c1. The maximum atomic E-state index is 10.7. The van der Waals surface area contributed by atoms with E-state index < -0.39 is 5.97 Å². The zero-order chi connectivity index (χ0) is 15.4. The molecule has 0 spiro atoms. The molecule has 3 rings (SSSR count). The van der Waals surface area contributed by atoms with Crippen molar-refractivity contribution in [1.82, 2.24) is 0 Å². The number of benzene rings is 3. The van der Waals surface area contributed by atoms with Crippen LogP contribution in [0, 0.1) is 0 Å². The van der Waals surface area contributed by atoms with Gasteiger partial charge in [0.2, 0.25) is 0 Å². The topological polar surface area (TPSA) is 37.3 Å². The summed E-state index contributed by atoms with van der Waals surface area (Å²) in [6, 6.07) is 22.6. The zero-order valence-corrected chi connectivity index (χ0v) is 12.1. The number of rotatable bonds is 4. The summed E-state index contributed by atoms with van der Waals surface area (Å²) in [5.41, 5.74) is 3.28. The molecule has 2 nitrogen and oxygen atoms in total. The van der Waals surface area contributed by atoms with E-state index in [1.807, 2.05) is 36.4 Å². The van der Waals surface area contributed by atoms with Gasteiger partial charge in [-0.1, -0.05) is 66.7 Å². The van der Waals surface area contributed by atoms with Crippen molar-refractivity contribution in [2.24, 2.45) is 0 Å². The number of hydrogen-bond acceptors (Lipinski definition) is 1. The van der Waals surface area contributed by atoms with Crippen LogP contribution < -0.4 is 0 Å². The third-order valence-corrected chi connectivity index (χ3v) is 3.67. The van der Waals surface area contributed by atoms with Crippen LogP contribution in [0.15, 0.2) is 72.8 Å². The lowest BCUT2D eigenvalue weighted by Gasteiger charge is -2.07. The van der Waals surface area contributed by atoms with Crippen molar-refractivity contribution >= 4 is 22.8 Å². The highest BCUT2D eigenvalue weighted by molar-refractivity contribution is 5.86. The van der Waals surface area contributed by atoms with E-state index in [9.17, 15) is 4.79 Å². The number of aliphatic carboxylic acids is 1. The normalized spacial score (nSPS) is 11.1. The van der Waals surface area contributed by atoms with Crippen molar-refractivity contribution in [2.75, 3.05) is 0 Å². The van der Waals surface area contributed by atoms with Crippen molar-refractivity contribution in [1.29, 1.82) is 0 Å². The minimum absolute atomic E-state index is 0.783. The monoisotopic (exact) mass is 288 g/mol. The van der Waals surface area contributed by atoms with Gasteiger partial charge < -0.3 is 5.11 Å². The molecule has 0 atom stereocenters. The van der Waals surface area contributed by atoms with Gasteiger partial charge in [-0.05, 0) is 40.0 Å². The van der Waals surface area contributed by atoms with Crippen LogP contribution in [-0.4, -0.2) is 11.1 Å². The van der Waals surface area contributed by atoms with Crippen LogP contribution >= 0.6 is 0 Å². The summed E-state index contributed by atoms with van der Waals surface area (Å²) in [6.07, 6.45) is 3.61. The fraction of sp³-hybridized carbons (Fsp3) is 0.0500. The lowest BCUT2D eigenvalue weighted by atomic mass is 9.97. The molecule has 0 saturated carbocycles. The average molecular weight is 288 g/mol. The third kappa shape index (κ3) is 3.23. The average Bonchev–Trinajstić information content (AvgIpc) is 2.54. The fourth-order valence-electron chi connectivity index (χ4n) is 2.59. The van der Waals surface area contributed by atoms with Crippen LogP contribution in [0.3, 0.4) is 0 Å². The summed E-state index contributed by atoms with van der Waals surface area (Å²) < 4.78 is 0. The van der Waals surface area contributed by atoms with E-state index in [2.05, 4.69) is 30.3 Å². The van der Waals surface area contributed by atoms with E-state index in [4.69, 9.17) is 5.11 Å². The Labute approximate surface area is 129 Å². The van der Waals surface area contributed by atoms with Gasteiger partial charge in [-0.25, -0.2) is 4.79 Å². The number of fused-ring (bicyclic) bond motifs is 1. The zero-order valence-electron chi connectivity index (χ0n) is 12.1. The molecule has 0 bridgehead atoms. The summed E-state index contributed by atoms with van der Waals surface area (Å²) in [4.78, 5) is 10.7. The summed E-state index contributed by atoms with van der Waals surface area (Å²) in [5.74, 6) is -0.930. The van der Waals surface area contributed by atoms with Crippen LogP contribution in [0.4, 0.5) is 0 Å². The van der Waals surface area contributed by atoms with Gasteiger partial charge in [0.15, 0.2) is 0 Å². The molecule has 108 valence electrons. The molecule has 0 fully saturated rings. The Morgan fingerprint density at radius 1 is 0.909 bits per heavy atom. The van der Waals surface area contributed by atoms with E-state index in [1.54, 1.807) is 6.08 Å². The maximum absolute atomic E-state index is 10.7. The molecular weight excluding hydrogens is 272 g/mol. The van der Waals surface area contributed by atoms with Crippen molar-refractivity contribution in [3.63, 3.8) is 0 Å². The van der Waals surface area contributed by atoms with Crippen LogP contribution in [0.5, 0.6) is 0 Å². The molecule has 0 unspecified atom stereocenters. The van der Waals surface area contributed by atoms with Gasteiger partial charge in [0.05, 0.1) is 0 Å². The predicted molar refractivity (Wildman–Crippen MR) is 89.9 cm³/mol. The van der Waals surface area contributed by atoms with Gasteiger partial charge in [-0.3, -0.25) is 0 Å². The first-order valence-electron chi connectivity index (χ1n) is 7.19. The number of hydrogen-bond donors (Lipinski definition) is 1. The quantitative estimate of drug-likeness (QED) is 0.716. The molecule has 3 aromatic carbocycles. The Balaban J connectivity index is 1.93. The third-order valence-electron chi connectivity index (χ3n) is 3.67. The van der Waals surface area contributed by atoms with Gasteiger partial charge in [-0.2, -0.15) is 0 Å². The van der Waals surface area contributed by atoms with Crippen molar-refractivity contribution in [2.45, 2.75) is 6.42 Å². The Morgan fingerprint density at radius 3 is 2.45 bits per heavy atom. The highest BCUT2D eigenvalue weighted by Crippen LogP contribution is 2.20. The Morgan fingerprint density at radius 2 is 1.64 bits per heavy atom. The standard InChI is InChI=1S/C20H16O2/c21-20(22)12-11-17-6-2-4-8-19(17)14-15-9-10-16-5-1-3-7-18(16)13-15/h1-13H,14H2,(H,21,22). The van der Waals surface area contributed by atoms with E-state index in [0.29, 0.717) is 0 Å². The van der Waals surface area contributed by atoms with E-state index in [-0.39, 0.29) is 0 Å². The highest BCUT2D eigenvalue weighted by atomic mass is 16.4. The molecule has 2 heteroatoms. The van der Waals surface area contributed by atoms with Gasteiger partial charge in [0.1, 0.15) is 0 Å². The summed E-state index contributed by atoms with van der Waals surface area (Å²) in [5, 5.41) is 11.2. The summed E-state index contributed by atoms with van der Waals surface area (Å²) >= 11 is 0. The largest absolute Gasteiger partial charge is 0.478 e. The predicted octanol–water partition coefficient (Wildman–Crippen LogP) is 4.53. The lowest BCUT2D eigenvalue weighted by molar-refractivity contribution is -0.131. The smallest absolute Gasteiger partial charge is 0.328 e. The highest BCUT2D eigenvalue weighted by Gasteiger charge is 2.02. The van der Waals surface area contributed by atoms with Crippen LogP contribution in [0.25, 0.3) is 16.8 Å². The van der Waals surface area contributed by atoms with Crippen LogP contribution in [0.1, 0.15) is 16.7 Å². The van der Waals surface area contributed by atoms with Gasteiger partial charge in [-0.15, -0.1) is 0 Å². The molecule has 0 aromatic heterocycles. The van der Waals surface area contributed by atoms with Gasteiger partial charge >= 0.3 is 5.97 Å². The second kappa shape index (κ2) is 6.27. The van der Waals surface area contributed by atoms with E-state index in [0.717, 1.165) is 17.5 Å². The molecule has 0 heterocycles. The number of carbonyl (C=O) groups is 1. The molecular formula is C20H16O2. The second-order valence-corrected chi connectivity index (χ2v) is 5.23. The number of carboxylic acids is 1. The lowest BCUT2D eigenvalue weighted by Crippen LogP contribution is -1.93. The minimum atomic E-state index is -0.930. The maximum Gasteiger partial charge on any atom is 0.328 e. The Kier molecular flexibility index (Phi) is 4.01. The van der Waals surface area contributed by atoms with Gasteiger partial charge in [0, 0.05) is 6.08 Å². The summed E-state index contributed by atoms with van der Waals surface area (Å²) in [6.45, 7) is 0. The Bertz CT molecular complexity index is 847. The molecule has 1 N–H and O–H groups in total. The van der Waals surface area contributed by atoms with E-state index >= 15 is 0 Å². The molecule has 0 aliphatic carbocycles. The summed E-state index contributed by atoms with van der Waals surface area (Å²) in [7, 11) is 0. The first-order valence-corrected chi connectivity index (χ1v) is 7.19. The van der Waals surface area contributed by atoms with Gasteiger partial charge in [0.25, 0.3) is 0 Å². The molecule has 0 radical (unpaired) electrons. The molecule has 0 aliphatic heterocycles. The Hall–Kier alpha value is -2.87. The van der Waals surface area contributed by atoms with Crippen molar-refractivity contribution < 1.29 is 9.90 Å². The first kappa shape index (κ1) is 14.1. The van der Waals surface area contributed by atoms with Crippen molar-refractivity contribution in [3.8, 4) is 0 Å². The molecule has 0 amide bonds. The van der Waals surface area contributed by atoms with Crippen LogP contribution in [-0.2, 0) is 11.2 Å². The second-order valence-electron chi connectivity index (χ2n) is 5.23. The number of carboxylic acid groups (broad SMARTS) is 1. The molecule has 0 saturated heterocycles. The van der Waals surface area contributed by atoms with Crippen LogP contribution in [0.2, 0.25) is 0 Å².